The molecule has 0 amide bonds. The summed E-state index contributed by atoms with van der Waals surface area (Å²) in [5.41, 5.74) is 2.13. The van der Waals surface area contributed by atoms with Crippen molar-refractivity contribution >= 4 is 17.1 Å². The van der Waals surface area contributed by atoms with Gasteiger partial charge in [-0.05, 0) is 47.7 Å². The molecule has 0 saturated carbocycles. The van der Waals surface area contributed by atoms with Crippen molar-refractivity contribution in [2.45, 2.75) is 13.0 Å². The number of ketones is 1. The summed E-state index contributed by atoms with van der Waals surface area (Å²) >= 11 is 1.82. The van der Waals surface area contributed by atoms with Crippen LogP contribution in [0.1, 0.15) is 20.8 Å². The van der Waals surface area contributed by atoms with Gasteiger partial charge in [0, 0.05) is 23.5 Å². The molecule has 1 aliphatic rings. The number of benzene rings is 1. The number of nitrogens with zero attached hydrogens (tertiary/aromatic N) is 1. The Hall–Kier alpha value is -1.65. The molecule has 0 saturated heterocycles. The van der Waals surface area contributed by atoms with Crippen molar-refractivity contribution in [2.75, 3.05) is 20.2 Å². The summed E-state index contributed by atoms with van der Waals surface area (Å²) in [6.07, 6.45) is 1.06. The van der Waals surface area contributed by atoms with Crippen molar-refractivity contribution in [2.24, 2.45) is 0 Å². The molecule has 1 aromatic heterocycles. The van der Waals surface area contributed by atoms with Crippen molar-refractivity contribution in [3.05, 3.63) is 51.7 Å². The van der Waals surface area contributed by atoms with E-state index in [4.69, 9.17) is 4.74 Å². The van der Waals surface area contributed by atoms with E-state index >= 15 is 0 Å². The van der Waals surface area contributed by atoms with Gasteiger partial charge in [0.1, 0.15) is 5.75 Å². The maximum Gasteiger partial charge on any atom is 0.176 e. The Labute approximate surface area is 122 Å². The number of rotatable bonds is 4. The summed E-state index contributed by atoms with van der Waals surface area (Å²) < 4.78 is 5.11. The van der Waals surface area contributed by atoms with Crippen LogP contribution in [0.25, 0.3) is 0 Å². The number of hydrogen-bond acceptors (Lipinski definition) is 4. The minimum Gasteiger partial charge on any atom is -0.497 e. The van der Waals surface area contributed by atoms with E-state index in [-0.39, 0.29) is 5.78 Å². The monoisotopic (exact) mass is 287 g/mol. The van der Waals surface area contributed by atoms with Gasteiger partial charge in [0.25, 0.3) is 0 Å². The first-order valence-corrected chi connectivity index (χ1v) is 7.59. The summed E-state index contributed by atoms with van der Waals surface area (Å²) in [5.74, 6) is 0.953. The highest BCUT2D eigenvalue weighted by Crippen LogP contribution is 2.24. The zero-order chi connectivity index (χ0) is 13.9. The number of carbonyl (C=O) groups is 1. The van der Waals surface area contributed by atoms with Crippen LogP contribution in [0.4, 0.5) is 0 Å². The molecule has 3 rings (SSSR count). The van der Waals surface area contributed by atoms with E-state index in [9.17, 15) is 4.79 Å². The molecular formula is C16H17NO2S. The number of methoxy groups -OCH3 is 1. The van der Waals surface area contributed by atoms with Crippen LogP contribution in [0.3, 0.4) is 0 Å². The number of Topliss-reactive ketones (excluding diaryl/α,β-unsaturated/α-hetero) is 1. The molecule has 104 valence electrons. The summed E-state index contributed by atoms with van der Waals surface area (Å²) in [6, 6.07) is 9.51. The van der Waals surface area contributed by atoms with E-state index in [0.717, 1.165) is 30.8 Å². The lowest BCUT2D eigenvalue weighted by molar-refractivity contribution is 0.0922. The normalized spacial score (nSPS) is 14.8. The molecule has 0 unspecified atom stereocenters. The Morgan fingerprint density at radius 2 is 2.10 bits per heavy atom. The minimum atomic E-state index is 0.173. The first kappa shape index (κ1) is 13.3. The van der Waals surface area contributed by atoms with Gasteiger partial charge in [-0.1, -0.05) is 0 Å². The average molecular weight is 287 g/mol. The fourth-order valence-electron chi connectivity index (χ4n) is 2.51. The minimum absolute atomic E-state index is 0.173. The van der Waals surface area contributed by atoms with E-state index in [1.807, 2.05) is 35.6 Å². The van der Waals surface area contributed by atoms with E-state index < -0.39 is 0 Å². The predicted octanol–water partition coefficient (Wildman–Crippen LogP) is 3.00. The summed E-state index contributed by atoms with van der Waals surface area (Å²) in [6.45, 7) is 2.34. The van der Waals surface area contributed by atoms with E-state index in [0.29, 0.717) is 6.54 Å². The van der Waals surface area contributed by atoms with Gasteiger partial charge in [-0.25, -0.2) is 0 Å². The first-order valence-electron chi connectivity index (χ1n) is 6.71. The standard InChI is InChI=1S/C16H17NO2S/c1-19-14-4-2-12(3-5-14)15(18)11-17-8-6-16-13(10-17)7-9-20-16/h2-5,7,9H,6,8,10-11H2,1H3. The fraction of sp³-hybridized carbons (Fsp3) is 0.312. The van der Waals surface area contributed by atoms with Gasteiger partial charge in [-0.3, -0.25) is 9.69 Å². The summed E-state index contributed by atoms with van der Waals surface area (Å²) in [4.78, 5) is 16.0. The predicted molar refractivity (Wildman–Crippen MR) is 80.6 cm³/mol. The highest BCUT2D eigenvalue weighted by Gasteiger charge is 2.19. The smallest absolute Gasteiger partial charge is 0.176 e. The quantitative estimate of drug-likeness (QED) is 0.810. The lowest BCUT2D eigenvalue weighted by Gasteiger charge is -2.26. The van der Waals surface area contributed by atoms with E-state index in [1.54, 1.807) is 7.11 Å². The summed E-state index contributed by atoms with van der Waals surface area (Å²) in [7, 11) is 1.63. The molecule has 0 N–H and O–H groups in total. The van der Waals surface area contributed by atoms with Gasteiger partial charge >= 0.3 is 0 Å². The average Bonchev–Trinajstić information content (AvgIpc) is 2.95. The number of thiophene rings is 1. The Morgan fingerprint density at radius 1 is 1.30 bits per heavy atom. The van der Waals surface area contributed by atoms with Gasteiger partial charge in [0.2, 0.25) is 0 Å². The van der Waals surface area contributed by atoms with Crippen LogP contribution in [-0.2, 0) is 13.0 Å². The third-order valence-corrected chi connectivity index (χ3v) is 4.69. The lowest BCUT2D eigenvalue weighted by atomic mass is 10.1. The van der Waals surface area contributed by atoms with Crippen molar-refractivity contribution in [1.29, 1.82) is 0 Å². The molecular weight excluding hydrogens is 270 g/mol. The summed E-state index contributed by atoms with van der Waals surface area (Å²) in [5, 5.41) is 2.14. The number of hydrogen-bond donors (Lipinski definition) is 0. The maximum atomic E-state index is 12.3. The van der Waals surface area contributed by atoms with Crippen molar-refractivity contribution in [3.63, 3.8) is 0 Å². The zero-order valence-electron chi connectivity index (χ0n) is 11.5. The van der Waals surface area contributed by atoms with Gasteiger partial charge in [-0.2, -0.15) is 0 Å². The van der Waals surface area contributed by atoms with Crippen LogP contribution in [0.5, 0.6) is 5.75 Å². The largest absolute Gasteiger partial charge is 0.497 e. The molecule has 1 aromatic carbocycles. The van der Waals surface area contributed by atoms with Crippen LogP contribution in [0, 0.1) is 0 Å². The second-order valence-electron chi connectivity index (χ2n) is 4.98. The van der Waals surface area contributed by atoms with E-state index in [1.165, 1.54) is 10.4 Å². The molecule has 3 nitrogen and oxygen atoms in total. The Balaban J connectivity index is 1.64. The van der Waals surface area contributed by atoms with Crippen LogP contribution < -0.4 is 4.74 Å². The second kappa shape index (κ2) is 5.77. The van der Waals surface area contributed by atoms with Crippen LogP contribution in [0.2, 0.25) is 0 Å². The number of fused-ring (bicyclic) bond motifs is 1. The van der Waals surface area contributed by atoms with Crippen LogP contribution >= 0.6 is 11.3 Å². The fourth-order valence-corrected chi connectivity index (χ4v) is 3.40. The second-order valence-corrected chi connectivity index (χ2v) is 5.98. The molecule has 0 radical (unpaired) electrons. The molecule has 20 heavy (non-hydrogen) atoms. The number of ether oxygens (including phenoxy) is 1. The van der Waals surface area contributed by atoms with E-state index in [2.05, 4.69) is 16.3 Å². The Morgan fingerprint density at radius 3 is 2.85 bits per heavy atom. The molecule has 0 aliphatic carbocycles. The molecule has 0 spiro atoms. The Kier molecular flexibility index (Phi) is 3.85. The molecule has 0 bridgehead atoms. The molecule has 2 heterocycles. The lowest BCUT2D eigenvalue weighted by Crippen LogP contribution is -2.34. The zero-order valence-corrected chi connectivity index (χ0v) is 12.3. The van der Waals surface area contributed by atoms with Crippen LogP contribution in [-0.4, -0.2) is 30.9 Å². The van der Waals surface area contributed by atoms with Gasteiger partial charge in [0.15, 0.2) is 5.78 Å². The first-order chi connectivity index (χ1) is 9.76. The third-order valence-electron chi connectivity index (χ3n) is 3.67. The highest BCUT2D eigenvalue weighted by molar-refractivity contribution is 7.10. The number of carbonyl (C=O) groups excluding carboxylic acids is 1. The maximum absolute atomic E-state index is 12.3. The Bertz CT molecular complexity index is 603. The van der Waals surface area contributed by atoms with Gasteiger partial charge in [-0.15, -0.1) is 11.3 Å². The molecule has 4 heteroatoms. The molecule has 2 aromatic rings. The molecule has 0 fully saturated rings. The van der Waals surface area contributed by atoms with Gasteiger partial charge < -0.3 is 4.74 Å². The van der Waals surface area contributed by atoms with Gasteiger partial charge in [0.05, 0.1) is 13.7 Å². The molecule has 1 aliphatic heterocycles. The van der Waals surface area contributed by atoms with Crippen molar-refractivity contribution in [1.82, 2.24) is 4.90 Å². The topological polar surface area (TPSA) is 29.5 Å². The van der Waals surface area contributed by atoms with Crippen molar-refractivity contribution in [3.8, 4) is 5.75 Å². The molecule has 0 atom stereocenters. The third kappa shape index (κ3) is 2.76. The van der Waals surface area contributed by atoms with Crippen LogP contribution in [0.15, 0.2) is 35.7 Å². The SMILES string of the molecule is COc1ccc(C(=O)CN2CCc3sccc3C2)cc1. The highest BCUT2D eigenvalue weighted by atomic mass is 32.1. The van der Waals surface area contributed by atoms with Crippen molar-refractivity contribution < 1.29 is 9.53 Å².